The second-order valence-corrected chi connectivity index (χ2v) is 3.79. The van der Waals surface area contributed by atoms with Crippen LogP contribution in [0.15, 0.2) is 0 Å². The van der Waals surface area contributed by atoms with Gasteiger partial charge in [0.15, 0.2) is 0 Å². The average Bonchev–Trinajstić information content (AvgIpc) is 2.83. The summed E-state index contributed by atoms with van der Waals surface area (Å²) in [5.74, 6) is -0.0935. The third-order valence-corrected chi connectivity index (χ3v) is 2.90. The average molecular weight is 171 g/mol. The fraction of sp³-hybridized carbons (Fsp3) is 0.889. The number of aliphatic carboxylic acids is 1. The van der Waals surface area contributed by atoms with E-state index in [4.69, 9.17) is 10.8 Å². The molecular weight excluding hydrogens is 154 g/mol. The van der Waals surface area contributed by atoms with E-state index in [1.807, 2.05) is 6.92 Å². The second-order valence-electron chi connectivity index (χ2n) is 3.79. The molecule has 0 heterocycles. The highest BCUT2D eigenvalue weighted by atomic mass is 16.4. The van der Waals surface area contributed by atoms with Crippen LogP contribution in [0.1, 0.15) is 32.6 Å². The van der Waals surface area contributed by atoms with Gasteiger partial charge in [-0.15, -0.1) is 0 Å². The summed E-state index contributed by atoms with van der Waals surface area (Å²) in [6.45, 7) is 2.18. The van der Waals surface area contributed by atoms with Crippen LogP contribution in [0.2, 0.25) is 0 Å². The Balaban J connectivity index is 2.60. The molecular formula is C9H17NO2. The summed E-state index contributed by atoms with van der Waals surface area (Å²) in [4.78, 5) is 11.0. The summed E-state index contributed by atoms with van der Waals surface area (Å²) in [5.41, 5.74) is 4.88. The molecule has 1 fully saturated rings. The Kier molecular flexibility index (Phi) is 2.73. The lowest BCUT2D eigenvalue weighted by molar-refractivity contribution is -0.149. The maximum atomic E-state index is 11.0. The third kappa shape index (κ3) is 1.78. The van der Waals surface area contributed by atoms with E-state index >= 15 is 0 Å². The molecule has 1 aliphatic carbocycles. The van der Waals surface area contributed by atoms with Crippen LogP contribution >= 0.6 is 0 Å². The van der Waals surface area contributed by atoms with Crippen molar-refractivity contribution in [1.29, 1.82) is 0 Å². The molecule has 3 nitrogen and oxygen atoms in total. The van der Waals surface area contributed by atoms with E-state index in [9.17, 15) is 4.79 Å². The first-order valence-electron chi connectivity index (χ1n) is 4.58. The smallest absolute Gasteiger partial charge is 0.310 e. The molecule has 1 unspecified atom stereocenters. The fourth-order valence-electron chi connectivity index (χ4n) is 1.57. The van der Waals surface area contributed by atoms with Gasteiger partial charge in [0, 0.05) is 6.54 Å². The number of nitrogens with two attached hydrogens (primary N) is 1. The van der Waals surface area contributed by atoms with Crippen molar-refractivity contribution in [1.82, 2.24) is 0 Å². The number of carbonyl (C=O) groups is 1. The Morgan fingerprint density at radius 2 is 2.25 bits per heavy atom. The van der Waals surface area contributed by atoms with E-state index in [0.29, 0.717) is 12.3 Å². The quantitative estimate of drug-likeness (QED) is 0.653. The maximum absolute atomic E-state index is 11.0. The van der Waals surface area contributed by atoms with E-state index in [1.54, 1.807) is 0 Å². The Hall–Kier alpha value is -0.570. The molecule has 1 atom stereocenters. The molecule has 1 rings (SSSR count). The van der Waals surface area contributed by atoms with Crippen molar-refractivity contribution in [3.05, 3.63) is 0 Å². The monoisotopic (exact) mass is 171 g/mol. The highest BCUT2D eigenvalue weighted by Gasteiger charge is 2.40. The van der Waals surface area contributed by atoms with Crippen molar-refractivity contribution >= 4 is 5.97 Å². The zero-order valence-electron chi connectivity index (χ0n) is 7.55. The standard InChI is InChI=1S/C9H17NO2/c1-2-9(6-10,8(11)12)5-7-3-4-7/h7H,2-6,10H2,1H3,(H,11,12). The van der Waals surface area contributed by atoms with Gasteiger partial charge in [0.1, 0.15) is 0 Å². The topological polar surface area (TPSA) is 63.3 Å². The Labute approximate surface area is 72.9 Å². The molecule has 3 heteroatoms. The van der Waals surface area contributed by atoms with Crippen LogP contribution in [0.3, 0.4) is 0 Å². The molecule has 0 amide bonds. The van der Waals surface area contributed by atoms with E-state index in [-0.39, 0.29) is 6.54 Å². The molecule has 0 radical (unpaired) electrons. The summed E-state index contributed by atoms with van der Waals surface area (Å²) in [6, 6.07) is 0. The molecule has 3 N–H and O–H groups in total. The van der Waals surface area contributed by atoms with Crippen molar-refractivity contribution < 1.29 is 9.90 Å². The van der Waals surface area contributed by atoms with E-state index < -0.39 is 11.4 Å². The second kappa shape index (κ2) is 3.44. The largest absolute Gasteiger partial charge is 0.481 e. The summed E-state index contributed by atoms with van der Waals surface area (Å²) >= 11 is 0. The first-order valence-corrected chi connectivity index (χ1v) is 4.58. The minimum Gasteiger partial charge on any atom is -0.481 e. The highest BCUT2D eigenvalue weighted by molar-refractivity contribution is 5.74. The van der Waals surface area contributed by atoms with Crippen LogP contribution in [0.25, 0.3) is 0 Å². The van der Waals surface area contributed by atoms with Crippen LogP contribution in [0.5, 0.6) is 0 Å². The molecule has 0 aromatic carbocycles. The summed E-state index contributed by atoms with van der Waals surface area (Å²) in [6.07, 6.45) is 3.80. The normalized spacial score (nSPS) is 21.8. The molecule has 0 aromatic heterocycles. The fourth-order valence-corrected chi connectivity index (χ4v) is 1.57. The van der Waals surface area contributed by atoms with E-state index in [1.165, 1.54) is 12.8 Å². The molecule has 12 heavy (non-hydrogen) atoms. The van der Waals surface area contributed by atoms with E-state index in [0.717, 1.165) is 6.42 Å². The molecule has 0 aliphatic heterocycles. The van der Waals surface area contributed by atoms with Crippen molar-refractivity contribution in [3.8, 4) is 0 Å². The SMILES string of the molecule is CCC(CN)(CC1CC1)C(=O)O. The minimum absolute atomic E-state index is 0.273. The molecule has 0 spiro atoms. The summed E-state index contributed by atoms with van der Waals surface area (Å²) in [7, 11) is 0. The van der Waals surface area contributed by atoms with Gasteiger partial charge in [-0.05, 0) is 18.8 Å². The van der Waals surface area contributed by atoms with Gasteiger partial charge in [-0.25, -0.2) is 0 Å². The Morgan fingerprint density at radius 1 is 1.67 bits per heavy atom. The minimum atomic E-state index is -0.723. The van der Waals surface area contributed by atoms with Gasteiger partial charge >= 0.3 is 5.97 Å². The molecule has 0 aromatic rings. The Morgan fingerprint density at radius 3 is 2.50 bits per heavy atom. The highest BCUT2D eigenvalue weighted by Crippen LogP contribution is 2.41. The number of rotatable bonds is 5. The van der Waals surface area contributed by atoms with Gasteiger partial charge in [0.25, 0.3) is 0 Å². The van der Waals surface area contributed by atoms with Gasteiger partial charge in [0.2, 0.25) is 0 Å². The van der Waals surface area contributed by atoms with Gasteiger partial charge in [-0.1, -0.05) is 19.8 Å². The van der Waals surface area contributed by atoms with Gasteiger partial charge in [-0.2, -0.15) is 0 Å². The van der Waals surface area contributed by atoms with Crippen LogP contribution in [-0.2, 0) is 4.79 Å². The number of carboxylic acid groups (broad SMARTS) is 1. The first-order chi connectivity index (χ1) is 5.64. The predicted molar refractivity (Wildman–Crippen MR) is 46.8 cm³/mol. The van der Waals surface area contributed by atoms with Crippen molar-refractivity contribution in [2.75, 3.05) is 6.54 Å². The van der Waals surface area contributed by atoms with Crippen molar-refractivity contribution in [2.45, 2.75) is 32.6 Å². The maximum Gasteiger partial charge on any atom is 0.310 e. The molecule has 0 saturated heterocycles. The number of carboxylic acids is 1. The van der Waals surface area contributed by atoms with E-state index in [2.05, 4.69) is 0 Å². The zero-order valence-corrected chi connectivity index (χ0v) is 7.55. The number of hydrogen-bond donors (Lipinski definition) is 2. The molecule has 0 bridgehead atoms. The van der Waals surface area contributed by atoms with Crippen molar-refractivity contribution in [3.63, 3.8) is 0 Å². The molecule has 1 saturated carbocycles. The van der Waals surface area contributed by atoms with Crippen LogP contribution in [0, 0.1) is 11.3 Å². The van der Waals surface area contributed by atoms with Crippen molar-refractivity contribution in [2.24, 2.45) is 17.1 Å². The van der Waals surface area contributed by atoms with Gasteiger partial charge in [0.05, 0.1) is 5.41 Å². The van der Waals surface area contributed by atoms with Crippen LogP contribution in [0.4, 0.5) is 0 Å². The summed E-state index contributed by atoms with van der Waals surface area (Å²) < 4.78 is 0. The Bertz CT molecular complexity index is 171. The lowest BCUT2D eigenvalue weighted by Crippen LogP contribution is -2.38. The van der Waals surface area contributed by atoms with Crippen LogP contribution in [-0.4, -0.2) is 17.6 Å². The third-order valence-electron chi connectivity index (χ3n) is 2.90. The molecule has 1 aliphatic rings. The molecule has 70 valence electrons. The summed E-state index contributed by atoms with van der Waals surface area (Å²) in [5, 5.41) is 9.02. The lowest BCUT2D eigenvalue weighted by atomic mass is 9.80. The van der Waals surface area contributed by atoms with Gasteiger partial charge in [-0.3, -0.25) is 4.79 Å². The van der Waals surface area contributed by atoms with Crippen LogP contribution < -0.4 is 5.73 Å². The zero-order chi connectivity index (χ0) is 9.19. The van der Waals surface area contributed by atoms with Gasteiger partial charge < -0.3 is 10.8 Å². The number of hydrogen-bond acceptors (Lipinski definition) is 2. The lowest BCUT2D eigenvalue weighted by Gasteiger charge is -2.26. The predicted octanol–water partition coefficient (Wildman–Crippen LogP) is 1.23. The first kappa shape index (κ1) is 9.52.